The Labute approximate surface area is 136 Å². The third-order valence-electron chi connectivity index (χ3n) is 3.75. The van der Waals surface area contributed by atoms with E-state index < -0.39 is 17.9 Å². The van der Waals surface area contributed by atoms with Crippen LogP contribution in [0.5, 0.6) is 0 Å². The second kappa shape index (κ2) is 7.76. The van der Waals surface area contributed by atoms with Gasteiger partial charge in [0.05, 0.1) is 11.1 Å². The lowest BCUT2D eigenvalue weighted by atomic mass is 10.1. The molecule has 1 aromatic carbocycles. The molecule has 0 unspecified atom stereocenters. The Balaban J connectivity index is 2.07. The minimum absolute atomic E-state index is 0.263. The van der Waals surface area contributed by atoms with Gasteiger partial charge >= 0.3 is 6.09 Å². The Hall–Kier alpha value is -2.37. The monoisotopic (exact) mass is 318 g/mol. The van der Waals surface area contributed by atoms with Crippen LogP contribution >= 0.6 is 0 Å². The van der Waals surface area contributed by atoms with E-state index in [0.29, 0.717) is 18.2 Å². The maximum absolute atomic E-state index is 12.3. The molecule has 23 heavy (non-hydrogen) atoms. The molecule has 6 nitrogen and oxygen atoms in total. The van der Waals surface area contributed by atoms with Gasteiger partial charge in [0.25, 0.3) is 11.8 Å². The van der Waals surface area contributed by atoms with E-state index in [-0.39, 0.29) is 11.1 Å². The molecule has 0 bridgehead atoms. The molecule has 6 heteroatoms. The molecule has 3 amide bonds. The van der Waals surface area contributed by atoms with E-state index >= 15 is 0 Å². The van der Waals surface area contributed by atoms with E-state index in [1.54, 1.807) is 29.2 Å². The molecule has 1 heterocycles. The van der Waals surface area contributed by atoms with Crippen LogP contribution in [0.15, 0.2) is 24.3 Å². The molecule has 1 aliphatic heterocycles. The summed E-state index contributed by atoms with van der Waals surface area (Å²) in [5.41, 5.74) is 0.526. The predicted octanol–water partition coefficient (Wildman–Crippen LogP) is 3.24. The minimum Gasteiger partial charge on any atom is -0.310 e. The summed E-state index contributed by atoms with van der Waals surface area (Å²) in [6, 6.07) is 6.44. The summed E-state index contributed by atoms with van der Waals surface area (Å²) < 4.78 is 0. The maximum atomic E-state index is 12.3. The summed E-state index contributed by atoms with van der Waals surface area (Å²) in [4.78, 5) is 43.4. The van der Waals surface area contributed by atoms with Crippen LogP contribution < -0.4 is 0 Å². The second-order valence-electron chi connectivity index (χ2n) is 5.50. The van der Waals surface area contributed by atoms with Crippen molar-refractivity contribution >= 4 is 17.9 Å². The Bertz CT molecular complexity index is 557. The summed E-state index contributed by atoms with van der Waals surface area (Å²) >= 11 is 0. The lowest BCUT2D eigenvalue weighted by Gasteiger charge is -2.23. The molecule has 0 fully saturated rings. The van der Waals surface area contributed by atoms with Gasteiger partial charge in [0, 0.05) is 13.1 Å². The van der Waals surface area contributed by atoms with Gasteiger partial charge in [0.1, 0.15) is 0 Å². The average Bonchev–Trinajstić information content (AvgIpc) is 2.80. The van der Waals surface area contributed by atoms with Crippen LogP contribution in [-0.4, -0.2) is 41.0 Å². The Morgan fingerprint density at radius 2 is 1.48 bits per heavy atom. The molecule has 0 aliphatic carbocycles. The zero-order chi connectivity index (χ0) is 16.8. The number of benzene rings is 1. The van der Waals surface area contributed by atoms with Gasteiger partial charge in [0.2, 0.25) is 0 Å². The molecule has 2 rings (SSSR count). The molecule has 0 spiro atoms. The number of hydrogen-bond donors (Lipinski definition) is 0. The summed E-state index contributed by atoms with van der Waals surface area (Å²) in [6.07, 6.45) is 2.94. The molecular formula is C17H22N2O4. The van der Waals surface area contributed by atoms with Gasteiger partial charge in [-0.2, -0.15) is 0 Å². The number of unbranched alkanes of at least 4 members (excludes halogenated alkanes) is 2. The molecule has 0 saturated carbocycles. The van der Waals surface area contributed by atoms with Crippen molar-refractivity contribution < 1.29 is 19.2 Å². The van der Waals surface area contributed by atoms with Crippen molar-refractivity contribution in [2.75, 3.05) is 13.1 Å². The third-order valence-corrected chi connectivity index (χ3v) is 3.75. The van der Waals surface area contributed by atoms with E-state index in [0.717, 1.165) is 25.7 Å². The van der Waals surface area contributed by atoms with Crippen molar-refractivity contribution in [1.29, 1.82) is 0 Å². The van der Waals surface area contributed by atoms with Gasteiger partial charge in [-0.05, 0) is 25.0 Å². The lowest BCUT2D eigenvalue weighted by molar-refractivity contribution is -0.0573. The van der Waals surface area contributed by atoms with E-state index in [4.69, 9.17) is 4.84 Å². The average molecular weight is 318 g/mol. The molecule has 0 N–H and O–H groups in total. The van der Waals surface area contributed by atoms with Crippen LogP contribution in [-0.2, 0) is 4.84 Å². The summed E-state index contributed by atoms with van der Waals surface area (Å²) in [5.74, 6) is -1.19. The van der Waals surface area contributed by atoms with Crippen LogP contribution in [0.25, 0.3) is 0 Å². The SMILES string of the molecule is CCCCN(CCCC)C(=O)ON1C(=O)c2ccccc2C1=O. The Kier molecular flexibility index (Phi) is 5.73. The molecule has 0 aromatic heterocycles. The first-order valence-corrected chi connectivity index (χ1v) is 8.04. The van der Waals surface area contributed by atoms with Crippen LogP contribution in [0.1, 0.15) is 60.2 Å². The summed E-state index contributed by atoms with van der Waals surface area (Å²) in [6.45, 7) is 5.18. The molecule has 124 valence electrons. The number of imide groups is 1. The second-order valence-corrected chi connectivity index (χ2v) is 5.50. The molecular weight excluding hydrogens is 296 g/mol. The van der Waals surface area contributed by atoms with Gasteiger partial charge in [-0.25, -0.2) is 4.79 Å². The largest absolute Gasteiger partial charge is 0.434 e. The fourth-order valence-corrected chi connectivity index (χ4v) is 2.38. The number of hydroxylamine groups is 2. The van der Waals surface area contributed by atoms with Crippen LogP contribution in [0.4, 0.5) is 4.79 Å². The van der Waals surface area contributed by atoms with Crippen molar-refractivity contribution in [2.45, 2.75) is 39.5 Å². The first kappa shape index (κ1) is 17.0. The number of carbonyl (C=O) groups excluding carboxylic acids is 3. The third kappa shape index (κ3) is 3.70. The molecule has 0 saturated heterocycles. The van der Waals surface area contributed by atoms with Crippen LogP contribution in [0.3, 0.4) is 0 Å². The van der Waals surface area contributed by atoms with Crippen molar-refractivity contribution in [3.05, 3.63) is 35.4 Å². The topological polar surface area (TPSA) is 66.9 Å². The fraction of sp³-hybridized carbons (Fsp3) is 0.471. The van der Waals surface area contributed by atoms with Gasteiger partial charge in [-0.3, -0.25) is 9.59 Å². The molecule has 0 atom stereocenters. The van der Waals surface area contributed by atoms with E-state index in [9.17, 15) is 14.4 Å². The Morgan fingerprint density at radius 1 is 1.00 bits per heavy atom. The first-order chi connectivity index (χ1) is 11.1. The van der Waals surface area contributed by atoms with Crippen molar-refractivity contribution in [3.8, 4) is 0 Å². The summed E-state index contributed by atoms with van der Waals surface area (Å²) in [5, 5.41) is 0.567. The standard InChI is InChI=1S/C17H22N2O4/c1-3-5-11-18(12-6-4-2)17(22)23-19-15(20)13-9-7-8-10-14(13)16(19)21/h7-10H,3-6,11-12H2,1-2H3. The number of nitrogens with zero attached hydrogens (tertiary/aromatic N) is 2. The first-order valence-electron chi connectivity index (χ1n) is 8.04. The van der Waals surface area contributed by atoms with E-state index in [1.807, 2.05) is 13.8 Å². The van der Waals surface area contributed by atoms with Gasteiger partial charge in [-0.1, -0.05) is 43.9 Å². The van der Waals surface area contributed by atoms with Crippen LogP contribution in [0.2, 0.25) is 0 Å². The summed E-state index contributed by atoms with van der Waals surface area (Å²) in [7, 11) is 0. The maximum Gasteiger partial charge on any atom is 0.434 e. The van der Waals surface area contributed by atoms with Crippen molar-refractivity contribution in [3.63, 3.8) is 0 Å². The van der Waals surface area contributed by atoms with E-state index in [2.05, 4.69) is 0 Å². The normalized spacial score (nSPS) is 13.2. The highest BCUT2D eigenvalue weighted by Gasteiger charge is 2.39. The highest BCUT2D eigenvalue weighted by molar-refractivity contribution is 6.20. The number of carbonyl (C=O) groups is 3. The molecule has 0 radical (unpaired) electrons. The lowest BCUT2D eigenvalue weighted by Crippen LogP contribution is -2.40. The number of amides is 3. The zero-order valence-corrected chi connectivity index (χ0v) is 13.6. The quantitative estimate of drug-likeness (QED) is 0.724. The van der Waals surface area contributed by atoms with Gasteiger partial charge < -0.3 is 9.74 Å². The van der Waals surface area contributed by atoms with Crippen LogP contribution in [0, 0.1) is 0 Å². The molecule has 1 aromatic rings. The van der Waals surface area contributed by atoms with Gasteiger partial charge in [-0.15, -0.1) is 0 Å². The predicted molar refractivity (Wildman–Crippen MR) is 84.8 cm³/mol. The molecule has 1 aliphatic rings. The minimum atomic E-state index is -0.651. The van der Waals surface area contributed by atoms with Gasteiger partial charge in [0.15, 0.2) is 0 Å². The highest BCUT2D eigenvalue weighted by atomic mass is 16.7. The van der Waals surface area contributed by atoms with Crippen molar-refractivity contribution in [2.24, 2.45) is 0 Å². The smallest absolute Gasteiger partial charge is 0.310 e. The number of rotatable bonds is 7. The fourth-order valence-electron chi connectivity index (χ4n) is 2.38. The van der Waals surface area contributed by atoms with Crippen molar-refractivity contribution in [1.82, 2.24) is 9.96 Å². The highest BCUT2D eigenvalue weighted by Crippen LogP contribution is 2.23. The van der Waals surface area contributed by atoms with E-state index in [1.165, 1.54) is 0 Å². The number of fused-ring (bicyclic) bond motifs is 1. The zero-order valence-electron chi connectivity index (χ0n) is 13.6. The Morgan fingerprint density at radius 3 is 1.91 bits per heavy atom. The number of hydrogen-bond acceptors (Lipinski definition) is 4.